The predicted octanol–water partition coefficient (Wildman–Crippen LogP) is 6.96. The molecule has 1 amide bonds. The van der Waals surface area contributed by atoms with Crippen molar-refractivity contribution in [2.24, 2.45) is 5.10 Å². The molecule has 1 aliphatic rings. The van der Waals surface area contributed by atoms with Crippen LogP contribution in [0.1, 0.15) is 48.9 Å². The van der Waals surface area contributed by atoms with Crippen LogP contribution in [-0.4, -0.2) is 37.2 Å². The van der Waals surface area contributed by atoms with E-state index in [1.807, 2.05) is 83.7 Å². The van der Waals surface area contributed by atoms with Gasteiger partial charge in [0.1, 0.15) is 5.78 Å². The fourth-order valence-electron chi connectivity index (χ4n) is 5.20. The van der Waals surface area contributed by atoms with Gasteiger partial charge in [0.05, 0.1) is 28.8 Å². The molecule has 5 aromatic rings. The highest BCUT2D eigenvalue weighted by atomic mass is 16.2. The number of aromatic nitrogens is 3. The number of hydrogen-bond donors (Lipinski definition) is 0. The fourth-order valence-corrected chi connectivity index (χ4v) is 5.20. The Labute approximate surface area is 245 Å². The highest BCUT2D eigenvalue weighted by Gasteiger charge is 2.36. The van der Waals surface area contributed by atoms with Gasteiger partial charge < -0.3 is 4.79 Å². The monoisotopic (exact) mass is 553 g/mol. The van der Waals surface area contributed by atoms with Crippen LogP contribution in [0.2, 0.25) is 0 Å². The molecular formula is C35H31N5O2. The number of para-hydroxylation sites is 1. The van der Waals surface area contributed by atoms with E-state index in [9.17, 15) is 9.59 Å². The van der Waals surface area contributed by atoms with E-state index >= 15 is 0 Å². The molecule has 42 heavy (non-hydrogen) atoms. The first kappa shape index (κ1) is 27.0. The summed E-state index contributed by atoms with van der Waals surface area (Å²) >= 11 is 0. The van der Waals surface area contributed by atoms with E-state index in [1.165, 1.54) is 6.92 Å². The largest absolute Gasteiger partial charge is 0.300 e. The molecule has 0 bridgehead atoms. The van der Waals surface area contributed by atoms with E-state index in [0.29, 0.717) is 6.42 Å². The Balaban J connectivity index is 1.40. The van der Waals surface area contributed by atoms with Gasteiger partial charge in [0.2, 0.25) is 5.91 Å². The van der Waals surface area contributed by atoms with Gasteiger partial charge in [-0.3, -0.25) is 9.78 Å². The second kappa shape index (κ2) is 11.7. The number of benzene rings is 3. The molecule has 0 saturated carbocycles. The molecule has 7 heteroatoms. The summed E-state index contributed by atoms with van der Waals surface area (Å²) in [5.41, 5.74) is 8.41. The zero-order valence-corrected chi connectivity index (χ0v) is 23.6. The van der Waals surface area contributed by atoms with E-state index in [-0.39, 0.29) is 30.6 Å². The van der Waals surface area contributed by atoms with Crippen molar-refractivity contribution in [3.05, 3.63) is 126 Å². The van der Waals surface area contributed by atoms with Crippen molar-refractivity contribution in [1.29, 1.82) is 0 Å². The summed E-state index contributed by atoms with van der Waals surface area (Å²) in [6.07, 6.45) is 4.59. The summed E-state index contributed by atoms with van der Waals surface area (Å²) in [6.45, 7) is 3.56. The van der Waals surface area contributed by atoms with Gasteiger partial charge in [-0.15, -0.1) is 0 Å². The Morgan fingerprint density at radius 3 is 2.19 bits per heavy atom. The molecule has 3 heterocycles. The van der Waals surface area contributed by atoms with Crippen LogP contribution in [0.4, 0.5) is 0 Å². The van der Waals surface area contributed by atoms with Gasteiger partial charge in [-0.1, -0.05) is 78.4 Å². The summed E-state index contributed by atoms with van der Waals surface area (Å²) in [7, 11) is 0. The average molecular weight is 554 g/mol. The lowest BCUT2D eigenvalue weighted by atomic mass is 9.95. The van der Waals surface area contributed by atoms with Crippen molar-refractivity contribution in [3.8, 4) is 28.2 Å². The lowest BCUT2D eigenvalue weighted by molar-refractivity contribution is -0.134. The molecule has 1 unspecified atom stereocenters. The van der Waals surface area contributed by atoms with E-state index in [1.54, 1.807) is 11.2 Å². The second-order valence-corrected chi connectivity index (χ2v) is 10.6. The number of aryl methyl sites for hydroxylation is 1. The Bertz CT molecular complexity index is 1740. The summed E-state index contributed by atoms with van der Waals surface area (Å²) in [5, 5.41) is 11.4. The third kappa shape index (κ3) is 5.67. The molecule has 3 aromatic carbocycles. The van der Waals surface area contributed by atoms with Crippen molar-refractivity contribution in [1.82, 2.24) is 19.8 Å². The normalized spacial score (nSPS) is 14.6. The van der Waals surface area contributed by atoms with Gasteiger partial charge in [0.15, 0.2) is 0 Å². The number of rotatable bonds is 8. The molecule has 2 aromatic heterocycles. The first-order valence-corrected chi connectivity index (χ1v) is 14.1. The molecule has 208 valence electrons. The molecule has 0 fully saturated rings. The molecular weight excluding hydrogens is 522 g/mol. The van der Waals surface area contributed by atoms with Gasteiger partial charge in [0.25, 0.3) is 0 Å². The molecule has 6 rings (SSSR count). The zero-order chi connectivity index (χ0) is 29.1. The first-order valence-electron chi connectivity index (χ1n) is 14.1. The first-order chi connectivity index (χ1) is 20.5. The summed E-state index contributed by atoms with van der Waals surface area (Å²) in [4.78, 5) is 29.8. The number of Topliss-reactive ketones (excluding diaryl/α,β-unsaturated/α-hetero) is 1. The lowest BCUT2D eigenvalue weighted by Gasteiger charge is -2.21. The smallest absolute Gasteiger partial charge is 0.243 e. The Hall–Kier alpha value is -5.17. The number of ketones is 1. The van der Waals surface area contributed by atoms with Crippen LogP contribution in [0.5, 0.6) is 0 Å². The van der Waals surface area contributed by atoms with Crippen molar-refractivity contribution < 1.29 is 9.59 Å². The number of nitrogens with zero attached hydrogens (tertiary/aromatic N) is 5. The van der Waals surface area contributed by atoms with Crippen molar-refractivity contribution in [2.75, 3.05) is 0 Å². The standard InChI is InChI=1S/C35H31N5O2/c1-24-11-14-28(15-12-24)35-30(23-39(38-35)29-8-4-3-5-9-29)33-22-32(37-40(33)34(42)20-13-25(2)41)27-18-16-26(17-19-27)31-10-6-7-21-36-31/h3-12,14-19,21,23,33H,13,20,22H2,1-2H3. The molecule has 0 aliphatic carbocycles. The summed E-state index contributed by atoms with van der Waals surface area (Å²) in [6, 6.07) is 31.8. The van der Waals surface area contributed by atoms with Gasteiger partial charge in [-0.2, -0.15) is 10.2 Å². The number of carbonyl (C=O) groups excluding carboxylic acids is 2. The minimum absolute atomic E-state index is 0.0225. The van der Waals surface area contributed by atoms with Crippen molar-refractivity contribution in [3.63, 3.8) is 0 Å². The Morgan fingerprint density at radius 1 is 0.810 bits per heavy atom. The van der Waals surface area contributed by atoms with Crippen LogP contribution in [0, 0.1) is 6.92 Å². The number of pyridine rings is 1. The van der Waals surface area contributed by atoms with Crippen LogP contribution in [0.25, 0.3) is 28.2 Å². The Kier molecular flexibility index (Phi) is 7.56. The molecule has 1 atom stereocenters. The third-order valence-corrected chi connectivity index (χ3v) is 7.48. The summed E-state index contributed by atoms with van der Waals surface area (Å²) < 4.78 is 1.86. The van der Waals surface area contributed by atoms with Crippen molar-refractivity contribution in [2.45, 2.75) is 39.2 Å². The highest BCUT2D eigenvalue weighted by Crippen LogP contribution is 2.39. The maximum absolute atomic E-state index is 13.5. The van der Waals surface area contributed by atoms with E-state index < -0.39 is 0 Å². The van der Waals surface area contributed by atoms with Gasteiger partial charge in [0, 0.05) is 48.3 Å². The molecule has 1 aliphatic heterocycles. The third-order valence-electron chi connectivity index (χ3n) is 7.48. The van der Waals surface area contributed by atoms with Crippen LogP contribution >= 0.6 is 0 Å². The molecule has 0 saturated heterocycles. The SMILES string of the molecule is CC(=O)CCC(=O)N1N=C(c2ccc(-c3ccccn3)cc2)CC1c1cn(-c2ccccc2)nc1-c1ccc(C)cc1. The van der Waals surface area contributed by atoms with Crippen molar-refractivity contribution >= 4 is 17.4 Å². The van der Waals surface area contributed by atoms with Gasteiger partial charge >= 0.3 is 0 Å². The maximum atomic E-state index is 13.5. The summed E-state index contributed by atoms with van der Waals surface area (Å²) in [5.74, 6) is -0.205. The molecule has 7 nitrogen and oxygen atoms in total. The van der Waals surface area contributed by atoms with Crippen LogP contribution in [-0.2, 0) is 9.59 Å². The van der Waals surface area contributed by atoms with Gasteiger partial charge in [-0.25, -0.2) is 9.69 Å². The van der Waals surface area contributed by atoms with E-state index in [4.69, 9.17) is 10.2 Å². The second-order valence-electron chi connectivity index (χ2n) is 10.6. The molecule has 0 spiro atoms. The lowest BCUT2D eigenvalue weighted by Crippen LogP contribution is -2.27. The van der Waals surface area contributed by atoms with Crippen LogP contribution in [0.3, 0.4) is 0 Å². The quantitative estimate of drug-likeness (QED) is 0.208. The average Bonchev–Trinajstić information content (AvgIpc) is 3.67. The molecule has 0 radical (unpaired) electrons. The zero-order valence-electron chi connectivity index (χ0n) is 23.6. The minimum Gasteiger partial charge on any atom is -0.300 e. The minimum atomic E-state index is -0.372. The predicted molar refractivity (Wildman–Crippen MR) is 164 cm³/mol. The van der Waals surface area contributed by atoms with Gasteiger partial charge in [-0.05, 0) is 43.7 Å². The van der Waals surface area contributed by atoms with E-state index in [0.717, 1.165) is 50.6 Å². The number of amides is 1. The van der Waals surface area contributed by atoms with E-state index in [2.05, 4.69) is 36.2 Å². The number of hydrazone groups is 1. The highest BCUT2D eigenvalue weighted by molar-refractivity contribution is 6.03. The van der Waals surface area contributed by atoms with Crippen LogP contribution in [0.15, 0.2) is 115 Å². The van der Waals surface area contributed by atoms with Crippen LogP contribution < -0.4 is 0 Å². The maximum Gasteiger partial charge on any atom is 0.243 e. The topological polar surface area (TPSA) is 80.5 Å². The fraction of sp³-hybridized carbons (Fsp3) is 0.171. The Morgan fingerprint density at radius 2 is 1.50 bits per heavy atom. The number of hydrogen-bond acceptors (Lipinski definition) is 5. The molecule has 0 N–H and O–H groups in total. The number of carbonyl (C=O) groups is 2.